The minimum absolute atomic E-state index is 0.00912. The predicted octanol–water partition coefficient (Wildman–Crippen LogP) is -0.321. The van der Waals surface area contributed by atoms with E-state index in [4.69, 9.17) is 5.73 Å². The third-order valence-corrected chi connectivity index (χ3v) is 1.52. The van der Waals surface area contributed by atoms with Gasteiger partial charge in [0.1, 0.15) is 5.51 Å². The number of aromatic nitrogens is 2. The SMILES string of the molecule is NCC(=O)c1nncs1. The van der Waals surface area contributed by atoms with Crippen molar-refractivity contribution >= 4 is 17.1 Å². The lowest BCUT2D eigenvalue weighted by Gasteiger charge is -1.83. The average Bonchev–Trinajstić information content (AvgIpc) is 2.37. The van der Waals surface area contributed by atoms with Gasteiger partial charge in [-0.15, -0.1) is 10.2 Å². The van der Waals surface area contributed by atoms with Crippen LogP contribution in [-0.2, 0) is 0 Å². The minimum Gasteiger partial charge on any atom is -0.324 e. The van der Waals surface area contributed by atoms with E-state index in [1.54, 1.807) is 0 Å². The van der Waals surface area contributed by atoms with Crippen molar-refractivity contribution in [1.29, 1.82) is 0 Å². The van der Waals surface area contributed by atoms with Crippen molar-refractivity contribution < 1.29 is 4.79 Å². The first-order valence-electron chi connectivity index (χ1n) is 2.34. The van der Waals surface area contributed by atoms with Crippen LogP contribution in [0.15, 0.2) is 5.51 Å². The van der Waals surface area contributed by atoms with Gasteiger partial charge in [0.25, 0.3) is 0 Å². The summed E-state index contributed by atoms with van der Waals surface area (Å²) in [6.45, 7) is 0.00912. The molecule has 1 aromatic heterocycles. The molecule has 0 aliphatic rings. The molecule has 0 amide bonds. The van der Waals surface area contributed by atoms with Crippen molar-refractivity contribution in [3.63, 3.8) is 0 Å². The number of carbonyl (C=O) groups is 1. The third-order valence-electron chi connectivity index (χ3n) is 0.784. The molecule has 0 saturated carbocycles. The molecule has 0 aliphatic carbocycles. The molecule has 0 atom stereocenters. The number of hydrogen-bond donors (Lipinski definition) is 1. The van der Waals surface area contributed by atoms with Crippen LogP contribution < -0.4 is 5.73 Å². The van der Waals surface area contributed by atoms with Gasteiger partial charge in [-0.05, 0) is 0 Å². The van der Waals surface area contributed by atoms with Crippen molar-refractivity contribution in [3.05, 3.63) is 10.5 Å². The Morgan fingerprint density at radius 2 is 2.67 bits per heavy atom. The van der Waals surface area contributed by atoms with E-state index in [-0.39, 0.29) is 12.3 Å². The Kier molecular flexibility index (Phi) is 1.86. The summed E-state index contributed by atoms with van der Waals surface area (Å²) < 4.78 is 0. The molecule has 1 heterocycles. The van der Waals surface area contributed by atoms with E-state index in [0.717, 1.165) is 0 Å². The fraction of sp³-hybridized carbons (Fsp3) is 0.250. The Morgan fingerprint density at radius 1 is 1.89 bits per heavy atom. The molecule has 9 heavy (non-hydrogen) atoms. The summed E-state index contributed by atoms with van der Waals surface area (Å²) in [5.74, 6) is -0.155. The lowest BCUT2D eigenvalue weighted by Crippen LogP contribution is -2.13. The largest absolute Gasteiger partial charge is 0.324 e. The van der Waals surface area contributed by atoms with Crippen molar-refractivity contribution in [1.82, 2.24) is 10.2 Å². The van der Waals surface area contributed by atoms with E-state index < -0.39 is 0 Å². The Bertz CT molecular complexity index is 196. The lowest BCUT2D eigenvalue weighted by atomic mass is 10.4. The summed E-state index contributed by atoms with van der Waals surface area (Å²) in [6, 6.07) is 0. The van der Waals surface area contributed by atoms with Gasteiger partial charge in [0.05, 0.1) is 6.54 Å². The maximum absolute atomic E-state index is 10.7. The topological polar surface area (TPSA) is 68.9 Å². The van der Waals surface area contributed by atoms with Gasteiger partial charge < -0.3 is 5.73 Å². The highest BCUT2D eigenvalue weighted by Gasteiger charge is 2.04. The van der Waals surface area contributed by atoms with Crippen LogP contribution in [0.1, 0.15) is 9.80 Å². The Hall–Kier alpha value is -0.810. The Balaban J connectivity index is 2.77. The molecule has 0 unspecified atom stereocenters. The molecular formula is C4H5N3OS. The van der Waals surface area contributed by atoms with Gasteiger partial charge in [-0.3, -0.25) is 4.79 Å². The monoisotopic (exact) mass is 143 g/mol. The van der Waals surface area contributed by atoms with Crippen LogP contribution in [0.2, 0.25) is 0 Å². The number of Topliss-reactive ketones (excluding diaryl/α,β-unsaturated/α-hetero) is 1. The summed E-state index contributed by atoms with van der Waals surface area (Å²) in [5, 5.41) is 7.40. The highest BCUT2D eigenvalue weighted by Crippen LogP contribution is 2.00. The molecule has 0 saturated heterocycles. The first kappa shape index (κ1) is 6.31. The first-order chi connectivity index (χ1) is 4.34. The van der Waals surface area contributed by atoms with Crippen LogP contribution in [0.3, 0.4) is 0 Å². The molecule has 0 aromatic carbocycles. The molecule has 0 bridgehead atoms. The van der Waals surface area contributed by atoms with Gasteiger partial charge in [0, 0.05) is 0 Å². The number of rotatable bonds is 2. The standard InChI is InChI=1S/C4H5N3OS/c5-1-3(8)4-7-6-2-9-4/h2H,1,5H2. The molecule has 1 aromatic rings. The maximum Gasteiger partial charge on any atom is 0.206 e. The minimum atomic E-state index is -0.155. The summed E-state index contributed by atoms with van der Waals surface area (Å²) in [6.07, 6.45) is 0. The van der Waals surface area contributed by atoms with E-state index in [9.17, 15) is 4.79 Å². The average molecular weight is 143 g/mol. The van der Waals surface area contributed by atoms with Gasteiger partial charge >= 0.3 is 0 Å². The first-order valence-corrected chi connectivity index (χ1v) is 3.22. The van der Waals surface area contributed by atoms with Crippen LogP contribution in [0.4, 0.5) is 0 Å². The van der Waals surface area contributed by atoms with Crippen molar-refractivity contribution in [2.75, 3.05) is 6.54 Å². The molecule has 0 spiro atoms. The molecule has 0 radical (unpaired) electrons. The molecule has 2 N–H and O–H groups in total. The highest BCUT2D eigenvalue weighted by atomic mass is 32.1. The normalized spacial score (nSPS) is 9.44. The molecular weight excluding hydrogens is 138 g/mol. The van der Waals surface area contributed by atoms with Gasteiger partial charge in [-0.25, -0.2) is 0 Å². The summed E-state index contributed by atoms with van der Waals surface area (Å²) in [7, 11) is 0. The van der Waals surface area contributed by atoms with Gasteiger partial charge in [0.2, 0.25) is 5.78 Å². The molecule has 0 aliphatic heterocycles. The van der Waals surface area contributed by atoms with Gasteiger partial charge in [-0.1, -0.05) is 11.3 Å². The van der Waals surface area contributed by atoms with Crippen LogP contribution in [0.5, 0.6) is 0 Å². The van der Waals surface area contributed by atoms with E-state index in [1.165, 1.54) is 16.8 Å². The van der Waals surface area contributed by atoms with Crippen molar-refractivity contribution in [3.8, 4) is 0 Å². The Labute approximate surface area is 55.7 Å². The summed E-state index contributed by atoms with van der Waals surface area (Å²) in [4.78, 5) is 10.7. The number of hydrogen-bond acceptors (Lipinski definition) is 5. The Morgan fingerprint density at radius 3 is 3.11 bits per heavy atom. The van der Waals surface area contributed by atoms with E-state index >= 15 is 0 Å². The number of carbonyl (C=O) groups excluding carboxylic acids is 1. The molecule has 1 rings (SSSR count). The lowest BCUT2D eigenvalue weighted by molar-refractivity contribution is 0.100. The molecule has 4 nitrogen and oxygen atoms in total. The highest BCUT2D eigenvalue weighted by molar-refractivity contribution is 7.11. The van der Waals surface area contributed by atoms with E-state index in [1.807, 2.05) is 0 Å². The molecule has 5 heteroatoms. The van der Waals surface area contributed by atoms with Gasteiger partial charge in [0.15, 0.2) is 5.01 Å². The van der Waals surface area contributed by atoms with Crippen LogP contribution in [0, 0.1) is 0 Å². The summed E-state index contributed by atoms with van der Waals surface area (Å²) in [5.41, 5.74) is 6.56. The zero-order chi connectivity index (χ0) is 6.69. The second-order valence-corrected chi connectivity index (χ2v) is 2.20. The quantitative estimate of drug-likeness (QED) is 0.576. The van der Waals surface area contributed by atoms with Crippen molar-refractivity contribution in [2.24, 2.45) is 5.73 Å². The van der Waals surface area contributed by atoms with Crippen LogP contribution >= 0.6 is 11.3 Å². The van der Waals surface area contributed by atoms with Crippen LogP contribution in [0.25, 0.3) is 0 Å². The molecule has 0 fully saturated rings. The zero-order valence-corrected chi connectivity index (χ0v) is 5.39. The summed E-state index contributed by atoms with van der Waals surface area (Å²) >= 11 is 1.20. The van der Waals surface area contributed by atoms with E-state index in [2.05, 4.69) is 10.2 Å². The number of ketones is 1. The van der Waals surface area contributed by atoms with Gasteiger partial charge in [-0.2, -0.15) is 0 Å². The second-order valence-electron chi connectivity index (χ2n) is 1.37. The zero-order valence-electron chi connectivity index (χ0n) is 4.57. The second kappa shape index (κ2) is 2.65. The third kappa shape index (κ3) is 1.30. The van der Waals surface area contributed by atoms with Crippen molar-refractivity contribution in [2.45, 2.75) is 0 Å². The van der Waals surface area contributed by atoms with E-state index in [0.29, 0.717) is 5.01 Å². The number of nitrogens with zero attached hydrogens (tertiary/aromatic N) is 2. The fourth-order valence-electron chi connectivity index (χ4n) is 0.382. The molecule has 48 valence electrons. The predicted molar refractivity (Wildman–Crippen MR) is 33.3 cm³/mol. The van der Waals surface area contributed by atoms with Crippen LogP contribution in [-0.4, -0.2) is 22.5 Å². The smallest absolute Gasteiger partial charge is 0.206 e. The fourth-order valence-corrected chi connectivity index (χ4v) is 0.885. The number of nitrogens with two attached hydrogens (primary N) is 1. The maximum atomic E-state index is 10.7.